The van der Waals surface area contributed by atoms with Crippen molar-refractivity contribution in [3.8, 4) is 0 Å². The van der Waals surface area contributed by atoms with Gasteiger partial charge in [0.15, 0.2) is 0 Å². The molecule has 1 aliphatic carbocycles. The third kappa shape index (κ3) is 2.55. The molecule has 0 bridgehead atoms. The zero-order valence-corrected chi connectivity index (χ0v) is 10.00. The number of carbonyl (C=O) groups excluding carboxylic acids is 1. The Morgan fingerprint density at radius 2 is 2.06 bits per heavy atom. The van der Waals surface area contributed by atoms with E-state index in [4.69, 9.17) is 10.5 Å². The van der Waals surface area contributed by atoms with Gasteiger partial charge in [-0.2, -0.15) is 0 Å². The van der Waals surface area contributed by atoms with Crippen molar-refractivity contribution >= 4 is 5.91 Å². The van der Waals surface area contributed by atoms with Gasteiger partial charge in [0.25, 0.3) is 0 Å². The molecule has 4 nitrogen and oxygen atoms in total. The highest BCUT2D eigenvalue weighted by Gasteiger charge is 2.37. The van der Waals surface area contributed by atoms with E-state index in [9.17, 15) is 4.79 Å². The molecular formula is C12H22N2O2. The Labute approximate surface area is 96.9 Å². The van der Waals surface area contributed by atoms with Crippen LogP contribution >= 0.6 is 0 Å². The van der Waals surface area contributed by atoms with Gasteiger partial charge in [0.2, 0.25) is 5.91 Å². The number of rotatable bonds is 2. The average Bonchev–Trinajstić information content (AvgIpc) is 2.65. The second kappa shape index (κ2) is 4.72. The highest BCUT2D eigenvalue weighted by Crippen LogP contribution is 2.26. The molecule has 1 heterocycles. The Morgan fingerprint density at radius 3 is 2.62 bits per heavy atom. The van der Waals surface area contributed by atoms with Gasteiger partial charge >= 0.3 is 0 Å². The van der Waals surface area contributed by atoms with Crippen LogP contribution in [0.15, 0.2) is 0 Å². The Balaban J connectivity index is 1.86. The van der Waals surface area contributed by atoms with Crippen LogP contribution in [0.25, 0.3) is 0 Å². The first-order valence-electron chi connectivity index (χ1n) is 6.28. The first-order valence-corrected chi connectivity index (χ1v) is 6.28. The van der Waals surface area contributed by atoms with Gasteiger partial charge in [-0.15, -0.1) is 0 Å². The summed E-state index contributed by atoms with van der Waals surface area (Å²) in [5.74, 6) is 0.753. The van der Waals surface area contributed by atoms with E-state index < -0.39 is 5.54 Å². The van der Waals surface area contributed by atoms with Crippen LogP contribution in [0.3, 0.4) is 0 Å². The van der Waals surface area contributed by atoms with E-state index in [-0.39, 0.29) is 5.91 Å². The van der Waals surface area contributed by atoms with Crippen molar-refractivity contribution < 1.29 is 9.53 Å². The number of hydrogen-bond acceptors (Lipinski definition) is 3. The molecule has 0 spiro atoms. The minimum atomic E-state index is -0.690. The summed E-state index contributed by atoms with van der Waals surface area (Å²) < 4.78 is 5.24. The zero-order valence-electron chi connectivity index (χ0n) is 10.00. The quantitative estimate of drug-likeness (QED) is 0.732. The molecule has 2 atom stereocenters. The summed E-state index contributed by atoms with van der Waals surface area (Å²) in [5.41, 5.74) is 5.43. The van der Waals surface area contributed by atoms with Crippen LogP contribution in [0, 0.1) is 5.92 Å². The number of nitrogens with two attached hydrogens (primary N) is 1. The summed E-state index contributed by atoms with van der Waals surface area (Å²) in [6.45, 7) is 3.44. The van der Waals surface area contributed by atoms with E-state index in [1.54, 1.807) is 0 Å². The summed E-state index contributed by atoms with van der Waals surface area (Å²) in [7, 11) is 0. The van der Waals surface area contributed by atoms with E-state index in [1.807, 2.05) is 0 Å². The molecule has 3 N–H and O–H groups in total. The molecule has 0 aromatic heterocycles. The lowest BCUT2D eigenvalue weighted by molar-refractivity contribution is -0.130. The van der Waals surface area contributed by atoms with Crippen LogP contribution in [0.5, 0.6) is 0 Å². The summed E-state index contributed by atoms with van der Waals surface area (Å²) in [5, 5.41) is 3.10. The molecule has 1 saturated carbocycles. The SMILES string of the molecule is CC1CCC(NC(=O)C2(N)CCOCC2)C1. The third-order valence-corrected chi connectivity index (χ3v) is 3.87. The first kappa shape index (κ1) is 11.9. The predicted octanol–water partition coefficient (Wildman–Crippen LogP) is 0.799. The lowest BCUT2D eigenvalue weighted by Gasteiger charge is -2.32. The molecule has 2 rings (SSSR count). The maximum Gasteiger partial charge on any atom is 0.240 e. The minimum Gasteiger partial charge on any atom is -0.381 e. The van der Waals surface area contributed by atoms with Crippen molar-refractivity contribution in [1.82, 2.24) is 5.32 Å². The maximum absolute atomic E-state index is 12.1. The Morgan fingerprint density at radius 1 is 1.38 bits per heavy atom. The van der Waals surface area contributed by atoms with Crippen molar-refractivity contribution in [2.45, 2.75) is 50.6 Å². The second-order valence-electron chi connectivity index (χ2n) is 5.36. The van der Waals surface area contributed by atoms with Crippen molar-refractivity contribution in [3.63, 3.8) is 0 Å². The maximum atomic E-state index is 12.1. The molecule has 92 valence electrons. The highest BCUT2D eigenvalue weighted by molar-refractivity contribution is 5.86. The molecule has 1 aliphatic heterocycles. The molecule has 0 aromatic rings. The van der Waals surface area contributed by atoms with Crippen molar-refractivity contribution in [2.75, 3.05) is 13.2 Å². The van der Waals surface area contributed by atoms with Crippen molar-refractivity contribution in [1.29, 1.82) is 0 Å². The van der Waals surface area contributed by atoms with E-state index in [0.717, 1.165) is 18.8 Å². The lowest BCUT2D eigenvalue weighted by atomic mass is 9.90. The number of hydrogen-bond donors (Lipinski definition) is 2. The topological polar surface area (TPSA) is 64.4 Å². The molecule has 1 amide bonds. The molecule has 2 fully saturated rings. The summed E-state index contributed by atoms with van der Waals surface area (Å²) in [4.78, 5) is 12.1. The predicted molar refractivity (Wildman–Crippen MR) is 61.9 cm³/mol. The molecule has 0 aromatic carbocycles. The van der Waals surface area contributed by atoms with Crippen molar-refractivity contribution in [3.05, 3.63) is 0 Å². The van der Waals surface area contributed by atoms with E-state index in [1.165, 1.54) is 6.42 Å². The monoisotopic (exact) mass is 226 g/mol. The first-order chi connectivity index (χ1) is 7.60. The number of carbonyl (C=O) groups is 1. The molecule has 16 heavy (non-hydrogen) atoms. The van der Waals surface area contributed by atoms with Gasteiger partial charge in [0.1, 0.15) is 0 Å². The second-order valence-corrected chi connectivity index (χ2v) is 5.36. The average molecular weight is 226 g/mol. The molecule has 4 heteroatoms. The molecular weight excluding hydrogens is 204 g/mol. The van der Waals surface area contributed by atoms with Gasteiger partial charge in [-0.3, -0.25) is 4.79 Å². The lowest BCUT2D eigenvalue weighted by Crippen LogP contribution is -2.58. The number of amides is 1. The normalized spacial score (nSPS) is 33.6. The Bertz CT molecular complexity index is 262. The van der Waals surface area contributed by atoms with E-state index in [2.05, 4.69) is 12.2 Å². The van der Waals surface area contributed by atoms with Crippen LogP contribution in [0.4, 0.5) is 0 Å². The van der Waals surface area contributed by atoms with Gasteiger partial charge in [0.05, 0.1) is 5.54 Å². The third-order valence-electron chi connectivity index (χ3n) is 3.87. The fraction of sp³-hybridized carbons (Fsp3) is 0.917. The van der Waals surface area contributed by atoms with Crippen LogP contribution in [0.1, 0.15) is 39.0 Å². The summed E-state index contributed by atoms with van der Waals surface area (Å²) >= 11 is 0. The smallest absolute Gasteiger partial charge is 0.240 e. The van der Waals surface area contributed by atoms with Crippen molar-refractivity contribution in [2.24, 2.45) is 11.7 Å². The zero-order chi connectivity index (χ0) is 11.6. The van der Waals surface area contributed by atoms with E-state index in [0.29, 0.717) is 32.1 Å². The fourth-order valence-electron chi connectivity index (χ4n) is 2.63. The van der Waals surface area contributed by atoms with Crippen LogP contribution in [0.2, 0.25) is 0 Å². The molecule has 0 radical (unpaired) electrons. The summed E-state index contributed by atoms with van der Waals surface area (Å²) in [6, 6.07) is 0.339. The van der Waals surface area contributed by atoms with Crippen LogP contribution < -0.4 is 11.1 Å². The van der Waals surface area contributed by atoms with Gasteiger partial charge in [-0.1, -0.05) is 6.92 Å². The Hall–Kier alpha value is -0.610. The number of nitrogens with one attached hydrogen (secondary N) is 1. The van der Waals surface area contributed by atoms with Gasteiger partial charge in [-0.25, -0.2) is 0 Å². The summed E-state index contributed by atoms with van der Waals surface area (Å²) in [6.07, 6.45) is 4.69. The molecule has 2 aliphatic rings. The molecule has 1 saturated heterocycles. The van der Waals surface area contributed by atoms with Crippen LogP contribution in [-0.2, 0) is 9.53 Å². The van der Waals surface area contributed by atoms with Gasteiger partial charge in [0, 0.05) is 19.3 Å². The fourth-order valence-corrected chi connectivity index (χ4v) is 2.63. The number of ether oxygens (including phenoxy) is 1. The van der Waals surface area contributed by atoms with Gasteiger partial charge in [-0.05, 0) is 38.0 Å². The van der Waals surface area contributed by atoms with Crippen LogP contribution in [-0.4, -0.2) is 30.7 Å². The van der Waals surface area contributed by atoms with E-state index >= 15 is 0 Å². The standard InChI is InChI=1S/C12H22N2O2/c1-9-2-3-10(8-9)14-11(15)12(13)4-6-16-7-5-12/h9-10H,2-8,13H2,1H3,(H,14,15). The Kier molecular flexibility index (Phi) is 3.50. The highest BCUT2D eigenvalue weighted by atomic mass is 16.5. The molecule has 2 unspecified atom stereocenters. The van der Waals surface area contributed by atoms with Gasteiger partial charge < -0.3 is 15.8 Å². The minimum absolute atomic E-state index is 0.0231. The largest absolute Gasteiger partial charge is 0.381 e.